The molecule has 30 heavy (non-hydrogen) atoms. The van der Waals surface area contributed by atoms with Gasteiger partial charge in [0.05, 0.1) is 0 Å². The summed E-state index contributed by atoms with van der Waals surface area (Å²) in [5.74, 6) is 1.73. The second kappa shape index (κ2) is 8.12. The number of fused-ring (bicyclic) bond motifs is 1. The minimum Gasteiger partial charge on any atom is -0.322 e. The van der Waals surface area contributed by atoms with Gasteiger partial charge < -0.3 is 15.5 Å². The van der Waals surface area contributed by atoms with Gasteiger partial charge in [0.1, 0.15) is 6.04 Å². The summed E-state index contributed by atoms with van der Waals surface area (Å²) in [4.78, 5) is 38.2. The molecule has 1 aliphatic carbocycles. The van der Waals surface area contributed by atoms with Crippen LogP contribution < -0.4 is 16.0 Å². The van der Waals surface area contributed by atoms with Crippen LogP contribution in [0.4, 0.5) is 0 Å². The number of rotatable bonds is 6. The molecule has 3 heterocycles. The van der Waals surface area contributed by atoms with Crippen LogP contribution in [0.5, 0.6) is 0 Å². The lowest BCUT2D eigenvalue weighted by Crippen LogP contribution is -2.52. The number of amides is 3. The Balaban J connectivity index is 1.19. The van der Waals surface area contributed by atoms with Gasteiger partial charge in [-0.05, 0) is 80.3 Å². The summed E-state index contributed by atoms with van der Waals surface area (Å²) in [5, 5.41) is 9.52. The van der Waals surface area contributed by atoms with Gasteiger partial charge in [0.15, 0.2) is 0 Å². The number of carbonyl (C=O) groups is 3. The molecule has 1 aromatic carbocycles. The van der Waals surface area contributed by atoms with Crippen molar-refractivity contribution in [3.63, 3.8) is 0 Å². The maximum Gasteiger partial charge on any atom is 0.255 e. The summed E-state index contributed by atoms with van der Waals surface area (Å²) in [5.41, 5.74) is 2.75. The van der Waals surface area contributed by atoms with E-state index in [1.165, 1.54) is 19.3 Å². The fraction of sp³-hybridized carbons (Fsp3) is 0.609. The molecule has 2 saturated heterocycles. The van der Waals surface area contributed by atoms with Crippen LogP contribution in [0.15, 0.2) is 18.2 Å². The lowest BCUT2D eigenvalue weighted by molar-refractivity contribution is -0.136. The molecule has 3 aliphatic heterocycles. The predicted octanol–water partition coefficient (Wildman–Crippen LogP) is 1.17. The topological polar surface area (TPSA) is 90.5 Å². The van der Waals surface area contributed by atoms with Gasteiger partial charge in [0.25, 0.3) is 5.91 Å². The van der Waals surface area contributed by atoms with Crippen LogP contribution >= 0.6 is 0 Å². The molecule has 3 fully saturated rings. The Morgan fingerprint density at radius 1 is 1.10 bits per heavy atom. The van der Waals surface area contributed by atoms with Crippen LogP contribution in [0.2, 0.25) is 0 Å². The van der Waals surface area contributed by atoms with Crippen molar-refractivity contribution in [3.8, 4) is 0 Å². The Hall–Kier alpha value is -2.25. The monoisotopic (exact) mass is 410 g/mol. The molecule has 1 unspecified atom stereocenters. The molecule has 7 nitrogen and oxygen atoms in total. The molecule has 0 aromatic heterocycles. The van der Waals surface area contributed by atoms with Gasteiger partial charge in [0.2, 0.25) is 11.8 Å². The van der Waals surface area contributed by atoms with Gasteiger partial charge in [-0.3, -0.25) is 19.7 Å². The molecule has 4 aliphatic rings. The standard InChI is InChI=1S/C23H30N4O3/c28-21-6-5-20(22(29)26-21)27-13-17-2-1-14(9-18(17)23(27)30)10-25-11-16-7-8-24-12-19(16)15-3-4-15/h1-2,9,15-16,19-20,24-25H,3-8,10-13H2,(H,26,28,29)/t16-,19+,20?/m0/s1. The zero-order valence-corrected chi connectivity index (χ0v) is 17.3. The van der Waals surface area contributed by atoms with Crippen LogP contribution in [-0.2, 0) is 22.7 Å². The van der Waals surface area contributed by atoms with E-state index in [1.807, 2.05) is 12.1 Å². The van der Waals surface area contributed by atoms with E-state index in [4.69, 9.17) is 0 Å². The third-order valence-electron chi connectivity index (χ3n) is 7.23. The maximum atomic E-state index is 13.0. The van der Waals surface area contributed by atoms with Gasteiger partial charge in [-0.1, -0.05) is 12.1 Å². The first kappa shape index (κ1) is 19.7. The highest BCUT2D eigenvalue weighted by atomic mass is 16.2. The van der Waals surface area contributed by atoms with Crippen molar-refractivity contribution in [1.82, 2.24) is 20.9 Å². The van der Waals surface area contributed by atoms with E-state index in [-0.39, 0.29) is 24.1 Å². The second-order valence-corrected chi connectivity index (χ2v) is 9.28. The van der Waals surface area contributed by atoms with E-state index in [1.54, 1.807) is 4.90 Å². The smallest absolute Gasteiger partial charge is 0.255 e. The quantitative estimate of drug-likeness (QED) is 0.613. The van der Waals surface area contributed by atoms with Crippen LogP contribution in [-0.4, -0.2) is 48.3 Å². The average molecular weight is 411 g/mol. The normalized spacial score (nSPS) is 29.1. The van der Waals surface area contributed by atoms with Crippen molar-refractivity contribution in [3.05, 3.63) is 34.9 Å². The highest BCUT2D eigenvalue weighted by Crippen LogP contribution is 2.42. The average Bonchev–Trinajstić information content (AvgIpc) is 3.53. The third kappa shape index (κ3) is 3.88. The van der Waals surface area contributed by atoms with Gasteiger partial charge in [-0.25, -0.2) is 0 Å². The van der Waals surface area contributed by atoms with Crippen LogP contribution in [0.1, 0.15) is 53.6 Å². The minimum absolute atomic E-state index is 0.103. The van der Waals surface area contributed by atoms with Crippen molar-refractivity contribution >= 4 is 17.7 Å². The highest BCUT2D eigenvalue weighted by Gasteiger charge is 2.39. The summed E-state index contributed by atoms with van der Waals surface area (Å²) in [7, 11) is 0. The first-order valence-electron chi connectivity index (χ1n) is 11.3. The Morgan fingerprint density at radius 3 is 2.77 bits per heavy atom. The molecule has 7 heteroatoms. The number of nitrogens with zero attached hydrogens (tertiary/aromatic N) is 1. The van der Waals surface area contributed by atoms with E-state index in [2.05, 4.69) is 22.0 Å². The predicted molar refractivity (Wildman–Crippen MR) is 111 cm³/mol. The first-order chi connectivity index (χ1) is 14.6. The van der Waals surface area contributed by atoms with Crippen LogP contribution in [0.3, 0.4) is 0 Å². The molecule has 0 radical (unpaired) electrons. The molecule has 3 N–H and O–H groups in total. The number of carbonyl (C=O) groups excluding carboxylic acids is 3. The molecule has 3 amide bonds. The lowest BCUT2D eigenvalue weighted by Gasteiger charge is -2.32. The number of hydrogen-bond acceptors (Lipinski definition) is 5. The number of hydrogen-bond donors (Lipinski definition) is 3. The summed E-state index contributed by atoms with van der Waals surface area (Å²) >= 11 is 0. The Bertz CT molecular complexity index is 866. The molecule has 160 valence electrons. The number of piperidine rings is 2. The van der Waals surface area contributed by atoms with E-state index in [9.17, 15) is 14.4 Å². The fourth-order valence-electron chi connectivity index (χ4n) is 5.38. The molecule has 3 atom stereocenters. The second-order valence-electron chi connectivity index (χ2n) is 9.28. The van der Waals surface area contributed by atoms with Crippen molar-refractivity contribution in [2.75, 3.05) is 19.6 Å². The summed E-state index contributed by atoms with van der Waals surface area (Å²) < 4.78 is 0. The maximum absolute atomic E-state index is 13.0. The molecular formula is C23H30N4O3. The van der Waals surface area contributed by atoms with E-state index < -0.39 is 6.04 Å². The Morgan fingerprint density at radius 2 is 1.97 bits per heavy atom. The number of nitrogens with one attached hydrogen (secondary N) is 3. The fourth-order valence-corrected chi connectivity index (χ4v) is 5.38. The summed E-state index contributed by atoms with van der Waals surface area (Å²) in [6.45, 7) is 4.47. The minimum atomic E-state index is -0.552. The molecule has 5 rings (SSSR count). The SMILES string of the molecule is O=C1CCC(N2Cc3ccc(CNC[C@@H]4CCNC[C@@H]4C4CC4)cc3C2=O)C(=O)N1. The largest absolute Gasteiger partial charge is 0.322 e. The van der Waals surface area contributed by atoms with Gasteiger partial charge in [0, 0.05) is 25.1 Å². The van der Waals surface area contributed by atoms with Crippen LogP contribution in [0, 0.1) is 17.8 Å². The molecule has 0 spiro atoms. The zero-order chi connectivity index (χ0) is 20.7. The van der Waals surface area contributed by atoms with E-state index in [0.29, 0.717) is 18.5 Å². The number of benzene rings is 1. The van der Waals surface area contributed by atoms with Crippen molar-refractivity contribution in [1.29, 1.82) is 0 Å². The zero-order valence-electron chi connectivity index (χ0n) is 17.3. The van der Waals surface area contributed by atoms with Crippen molar-refractivity contribution < 1.29 is 14.4 Å². The molecule has 1 aromatic rings. The first-order valence-corrected chi connectivity index (χ1v) is 11.3. The van der Waals surface area contributed by atoms with Crippen molar-refractivity contribution in [2.45, 2.75) is 51.2 Å². The highest BCUT2D eigenvalue weighted by molar-refractivity contribution is 6.05. The van der Waals surface area contributed by atoms with Crippen LogP contribution in [0.25, 0.3) is 0 Å². The number of imide groups is 1. The van der Waals surface area contributed by atoms with Gasteiger partial charge >= 0.3 is 0 Å². The van der Waals surface area contributed by atoms with Gasteiger partial charge in [-0.15, -0.1) is 0 Å². The molecule has 1 saturated carbocycles. The van der Waals surface area contributed by atoms with Crippen molar-refractivity contribution in [2.24, 2.45) is 17.8 Å². The van der Waals surface area contributed by atoms with E-state index >= 15 is 0 Å². The molecular weight excluding hydrogens is 380 g/mol. The summed E-state index contributed by atoms with van der Waals surface area (Å²) in [6, 6.07) is 5.50. The Labute approximate surface area is 177 Å². The summed E-state index contributed by atoms with van der Waals surface area (Å²) in [6.07, 6.45) is 4.69. The van der Waals surface area contributed by atoms with E-state index in [0.717, 1.165) is 55.1 Å². The Kier molecular flexibility index (Phi) is 5.33. The third-order valence-corrected chi connectivity index (χ3v) is 7.23. The van der Waals surface area contributed by atoms with Gasteiger partial charge in [-0.2, -0.15) is 0 Å². The molecule has 0 bridgehead atoms. The lowest BCUT2D eigenvalue weighted by atomic mass is 9.83.